The van der Waals surface area contributed by atoms with Crippen molar-refractivity contribution in [3.63, 3.8) is 0 Å². The summed E-state index contributed by atoms with van der Waals surface area (Å²) in [6.45, 7) is 1.97. The van der Waals surface area contributed by atoms with E-state index in [2.05, 4.69) is 20.9 Å². The van der Waals surface area contributed by atoms with E-state index in [4.69, 9.17) is 4.74 Å². The van der Waals surface area contributed by atoms with Gasteiger partial charge in [0.1, 0.15) is 5.75 Å². The fourth-order valence-corrected chi connectivity index (χ4v) is 3.55. The van der Waals surface area contributed by atoms with E-state index in [0.29, 0.717) is 5.01 Å². The van der Waals surface area contributed by atoms with Gasteiger partial charge in [-0.1, -0.05) is 34.1 Å². The van der Waals surface area contributed by atoms with E-state index in [1.54, 1.807) is 19.3 Å². The largest absolute Gasteiger partial charge is 0.496 e. The van der Waals surface area contributed by atoms with Crippen LogP contribution < -0.4 is 4.74 Å². The Kier molecular flexibility index (Phi) is 4.59. The lowest BCUT2D eigenvalue weighted by Crippen LogP contribution is -1.93. The third kappa shape index (κ3) is 3.35. The van der Waals surface area contributed by atoms with Crippen LogP contribution in [0.2, 0.25) is 0 Å². The van der Waals surface area contributed by atoms with Crippen molar-refractivity contribution in [2.45, 2.75) is 6.92 Å². The summed E-state index contributed by atoms with van der Waals surface area (Å²) in [4.78, 5) is 16.7. The maximum atomic E-state index is 12.3. The smallest absolute Gasteiger partial charge is 0.214 e. The zero-order valence-electron chi connectivity index (χ0n) is 12.7. The molecule has 0 aliphatic carbocycles. The number of ether oxygens (including phenoxy) is 1. The van der Waals surface area contributed by atoms with Gasteiger partial charge in [0.25, 0.3) is 0 Å². The Morgan fingerprint density at radius 1 is 1.30 bits per heavy atom. The van der Waals surface area contributed by atoms with Crippen molar-refractivity contribution in [1.82, 2.24) is 4.98 Å². The number of hydrogen-bond acceptors (Lipinski definition) is 4. The first kappa shape index (κ1) is 15.9. The van der Waals surface area contributed by atoms with Crippen molar-refractivity contribution in [2.24, 2.45) is 0 Å². The molecule has 3 aromatic rings. The highest BCUT2D eigenvalue weighted by Crippen LogP contribution is 2.28. The molecule has 0 aliphatic rings. The second-order valence-electron chi connectivity index (χ2n) is 5.01. The average molecular weight is 388 g/mol. The number of carbonyl (C=O) groups excluding carboxylic acids is 1. The van der Waals surface area contributed by atoms with Gasteiger partial charge in [-0.3, -0.25) is 4.79 Å². The Morgan fingerprint density at radius 3 is 2.83 bits per heavy atom. The Labute approximate surface area is 146 Å². The van der Waals surface area contributed by atoms with Gasteiger partial charge >= 0.3 is 0 Å². The molecule has 0 aliphatic heterocycles. The van der Waals surface area contributed by atoms with Crippen LogP contribution >= 0.6 is 27.3 Å². The first-order valence-corrected chi connectivity index (χ1v) is 8.61. The van der Waals surface area contributed by atoms with Crippen molar-refractivity contribution in [3.8, 4) is 5.75 Å². The molecule has 3 nitrogen and oxygen atoms in total. The minimum absolute atomic E-state index is 0.0955. The third-order valence-electron chi connectivity index (χ3n) is 3.47. The molecule has 0 saturated heterocycles. The summed E-state index contributed by atoms with van der Waals surface area (Å²) < 4.78 is 7.30. The predicted octanol–water partition coefficient (Wildman–Crippen LogP) is 5.27. The summed E-state index contributed by atoms with van der Waals surface area (Å²) in [7, 11) is 1.63. The van der Waals surface area contributed by atoms with Crippen LogP contribution in [0.1, 0.15) is 20.9 Å². The second-order valence-corrected chi connectivity index (χ2v) is 6.90. The molecule has 3 rings (SSSR count). The molecule has 0 unspecified atom stereocenters. The molecule has 2 aromatic carbocycles. The molecule has 5 heteroatoms. The topological polar surface area (TPSA) is 39.2 Å². The monoisotopic (exact) mass is 387 g/mol. The molecule has 0 radical (unpaired) electrons. The Bertz CT molecular complexity index is 882. The summed E-state index contributed by atoms with van der Waals surface area (Å²) in [5.41, 5.74) is 2.78. The third-order valence-corrected chi connectivity index (χ3v) is 5.35. The van der Waals surface area contributed by atoms with Crippen LogP contribution in [0.3, 0.4) is 0 Å². The zero-order chi connectivity index (χ0) is 16.4. The van der Waals surface area contributed by atoms with Crippen molar-refractivity contribution in [3.05, 3.63) is 63.1 Å². The Hall–Kier alpha value is -1.98. The number of rotatable bonds is 4. The summed E-state index contributed by atoms with van der Waals surface area (Å²) in [5.74, 6) is 0.688. The quantitative estimate of drug-likeness (QED) is 0.451. The lowest BCUT2D eigenvalue weighted by atomic mass is 10.1. The number of hydrogen-bond donors (Lipinski definition) is 0. The summed E-state index contributed by atoms with van der Waals surface area (Å²) >= 11 is 4.91. The van der Waals surface area contributed by atoms with Crippen LogP contribution in [0.25, 0.3) is 16.3 Å². The number of benzene rings is 2. The minimum Gasteiger partial charge on any atom is -0.496 e. The molecular formula is C18H14BrNO2S. The van der Waals surface area contributed by atoms with Gasteiger partial charge in [0.15, 0.2) is 5.01 Å². The van der Waals surface area contributed by atoms with Crippen LogP contribution in [-0.2, 0) is 0 Å². The van der Waals surface area contributed by atoms with Crippen molar-refractivity contribution < 1.29 is 9.53 Å². The van der Waals surface area contributed by atoms with Crippen molar-refractivity contribution in [2.75, 3.05) is 7.11 Å². The normalized spacial score (nSPS) is 11.3. The minimum atomic E-state index is -0.0955. The van der Waals surface area contributed by atoms with Crippen LogP contribution in [0.15, 0.2) is 46.9 Å². The molecular weight excluding hydrogens is 374 g/mol. The highest BCUT2D eigenvalue weighted by atomic mass is 79.9. The Balaban J connectivity index is 1.87. The van der Waals surface area contributed by atoms with Crippen LogP contribution in [0.4, 0.5) is 0 Å². The van der Waals surface area contributed by atoms with Crippen LogP contribution in [0, 0.1) is 6.92 Å². The fourth-order valence-electron chi connectivity index (χ4n) is 2.20. The van der Waals surface area contributed by atoms with Gasteiger partial charge in [0, 0.05) is 10.0 Å². The summed E-state index contributed by atoms with van der Waals surface area (Å²) in [5, 5.41) is 0.501. The van der Waals surface area contributed by atoms with Gasteiger partial charge in [-0.2, -0.15) is 0 Å². The molecule has 1 aromatic heterocycles. The second kappa shape index (κ2) is 6.64. The highest BCUT2D eigenvalue weighted by molar-refractivity contribution is 9.10. The van der Waals surface area contributed by atoms with Crippen LogP contribution in [-0.4, -0.2) is 17.9 Å². The summed E-state index contributed by atoms with van der Waals surface area (Å²) in [6, 6.07) is 11.6. The molecule has 23 heavy (non-hydrogen) atoms. The van der Waals surface area contributed by atoms with Gasteiger partial charge in [-0.15, -0.1) is 11.3 Å². The predicted molar refractivity (Wildman–Crippen MR) is 98.4 cm³/mol. The van der Waals surface area contributed by atoms with E-state index in [0.717, 1.165) is 31.6 Å². The molecule has 0 fully saturated rings. The molecule has 0 N–H and O–H groups in total. The number of methoxy groups -OCH3 is 1. The number of carbonyl (C=O) groups is 1. The zero-order valence-corrected chi connectivity index (χ0v) is 15.1. The fraction of sp³-hybridized carbons (Fsp3) is 0.111. The lowest BCUT2D eigenvalue weighted by molar-refractivity contribution is 0.104. The van der Waals surface area contributed by atoms with E-state index in [9.17, 15) is 4.79 Å². The number of nitrogens with zero attached hydrogens (tertiary/aromatic N) is 1. The number of allylic oxidation sites excluding steroid dienone is 1. The molecule has 0 bridgehead atoms. The number of para-hydroxylation sites is 1. The maximum Gasteiger partial charge on any atom is 0.214 e. The van der Waals surface area contributed by atoms with E-state index in [1.807, 2.05) is 43.3 Å². The Morgan fingerprint density at radius 2 is 2.09 bits per heavy atom. The number of ketones is 1. The standard InChI is InChI=1S/C18H14BrNO2S/c1-11-13(19)9-12(10-16(11)22-2)7-8-15(21)18-20-14-5-3-4-6-17(14)23-18/h3-10H,1-2H3/b8-7+. The number of thiazole rings is 1. The first-order valence-electron chi connectivity index (χ1n) is 7.00. The van der Waals surface area contributed by atoms with Crippen LogP contribution in [0.5, 0.6) is 5.75 Å². The van der Waals surface area contributed by atoms with Crippen molar-refractivity contribution in [1.29, 1.82) is 0 Å². The molecule has 1 heterocycles. The number of halogens is 1. The summed E-state index contributed by atoms with van der Waals surface area (Å²) in [6.07, 6.45) is 3.33. The van der Waals surface area contributed by atoms with E-state index in [-0.39, 0.29) is 5.78 Å². The molecule has 0 atom stereocenters. The average Bonchev–Trinajstić information content (AvgIpc) is 2.99. The van der Waals surface area contributed by atoms with Crippen molar-refractivity contribution >= 4 is 49.3 Å². The molecule has 116 valence electrons. The van der Waals surface area contributed by atoms with Gasteiger partial charge in [0.05, 0.1) is 17.3 Å². The highest BCUT2D eigenvalue weighted by Gasteiger charge is 2.09. The van der Waals surface area contributed by atoms with Gasteiger partial charge in [-0.25, -0.2) is 4.98 Å². The maximum absolute atomic E-state index is 12.3. The lowest BCUT2D eigenvalue weighted by Gasteiger charge is -2.07. The number of aromatic nitrogens is 1. The van der Waals surface area contributed by atoms with Gasteiger partial charge in [-0.05, 0) is 42.8 Å². The van der Waals surface area contributed by atoms with Gasteiger partial charge in [0.2, 0.25) is 5.78 Å². The van der Waals surface area contributed by atoms with Gasteiger partial charge < -0.3 is 4.74 Å². The van der Waals surface area contributed by atoms with E-state index in [1.165, 1.54) is 11.3 Å². The number of fused-ring (bicyclic) bond motifs is 1. The molecule has 0 spiro atoms. The van der Waals surface area contributed by atoms with E-state index >= 15 is 0 Å². The SMILES string of the molecule is COc1cc(/C=C/C(=O)c2nc3ccccc3s2)cc(Br)c1C. The van der Waals surface area contributed by atoms with E-state index < -0.39 is 0 Å². The molecule has 0 amide bonds. The first-order chi connectivity index (χ1) is 11.1. The molecule has 0 saturated carbocycles.